The number of ether oxygens (including phenoxy) is 1. The fourth-order valence-electron chi connectivity index (χ4n) is 2.10. The van der Waals surface area contributed by atoms with Gasteiger partial charge in [-0.1, -0.05) is 12.1 Å². The summed E-state index contributed by atoms with van der Waals surface area (Å²) >= 11 is 0. The highest BCUT2D eigenvalue weighted by Gasteiger charge is 2.29. The molecule has 104 valence electrons. The summed E-state index contributed by atoms with van der Waals surface area (Å²) in [5.74, 6) is -0.110. The molecule has 0 fully saturated rings. The lowest BCUT2D eigenvalue weighted by Gasteiger charge is -2.27. The van der Waals surface area contributed by atoms with Gasteiger partial charge in [-0.15, -0.1) is 0 Å². The monoisotopic (exact) mass is 264 g/mol. The number of hydrogen-bond donors (Lipinski definition) is 2. The molecule has 1 aromatic rings. The largest absolute Gasteiger partial charge is 0.491 e. The summed E-state index contributed by atoms with van der Waals surface area (Å²) in [5.41, 5.74) is 5.60. The molecule has 0 spiro atoms. The molecule has 0 saturated heterocycles. The van der Waals surface area contributed by atoms with Crippen molar-refractivity contribution in [3.63, 3.8) is 0 Å². The number of anilines is 1. The van der Waals surface area contributed by atoms with Crippen molar-refractivity contribution in [1.82, 2.24) is 0 Å². The first kappa shape index (κ1) is 13.7. The smallest absolute Gasteiger partial charge is 0.323 e. The number of aliphatic carboxylic acids is 1. The number of carbonyl (C=O) groups is 1. The molecule has 5 nitrogen and oxygen atoms in total. The summed E-state index contributed by atoms with van der Waals surface area (Å²) in [6.07, 6.45) is 1.32. The second kappa shape index (κ2) is 5.48. The number of nitrogens with two attached hydrogens (primary N) is 1. The maximum Gasteiger partial charge on any atom is 0.323 e. The van der Waals surface area contributed by atoms with Crippen LogP contribution in [0.1, 0.15) is 19.8 Å². The Hall–Kier alpha value is -1.75. The van der Waals surface area contributed by atoms with E-state index in [2.05, 4.69) is 4.90 Å². The fourth-order valence-corrected chi connectivity index (χ4v) is 2.10. The van der Waals surface area contributed by atoms with Crippen LogP contribution in [0.15, 0.2) is 24.3 Å². The molecule has 5 heteroatoms. The van der Waals surface area contributed by atoms with E-state index in [1.54, 1.807) is 6.92 Å². The standard InChI is InChI=1S/C14H20N2O3/c1-14(15,13(17)18)7-9-16-8-4-10-19-12-6-3-2-5-11(12)16/h2-3,5-6H,4,7-10,15H2,1H3,(H,17,18). The third kappa shape index (κ3) is 3.17. The Bertz CT molecular complexity index is 460. The summed E-state index contributed by atoms with van der Waals surface area (Å²) in [7, 11) is 0. The zero-order valence-electron chi connectivity index (χ0n) is 11.1. The molecule has 0 saturated carbocycles. The maximum absolute atomic E-state index is 11.0. The molecule has 0 aliphatic carbocycles. The van der Waals surface area contributed by atoms with Crippen molar-refractivity contribution in [1.29, 1.82) is 0 Å². The first-order valence-corrected chi connectivity index (χ1v) is 6.50. The topological polar surface area (TPSA) is 75.8 Å². The molecule has 1 atom stereocenters. The van der Waals surface area contributed by atoms with E-state index >= 15 is 0 Å². The number of benzene rings is 1. The lowest BCUT2D eigenvalue weighted by molar-refractivity contribution is -0.142. The van der Waals surface area contributed by atoms with Crippen LogP contribution in [0, 0.1) is 0 Å². The highest BCUT2D eigenvalue weighted by atomic mass is 16.5. The van der Waals surface area contributed by atoms with E-state index in [0.717, 1.165) is 24.4 Å². The third-order valence-corrected chi connectivity index (χ3v) is 3.43. The molecule has 1 aliphatic rings. The minimum absolute atomic E-state index is 0.399. The highest BCUT2D eigenvalue weighted by Crippen LogP contribution is 2.30. The molecule has 0 aromatic heterocycles. The van der Waals surface area contributed by atoms with Crippen LogP contribution in [0.5, 0.6) is 5.75 Å². The van der Waals surface area contributed by atoms with Crippen LogP contribution < -0.4 is 15.4 Å². The van der Waals surface area contributed by atoms with Crippen LogP contribution >= 0.6 is 0 Å². The molecule has 2 rings (SSSR count). The normalized spacial score (nSPS) is 17.9. The van der Waals surface area contributed by atoms with Crippen LogP contribution in [0.2, 0.25) is 0 Å². The minimum Gasteiger partial charge on any atom is -0.491 e. The van der Waals surface area contributed by atoms with Gasteiger partial charge >= 0.3 is 5.97 Å². The van der Waals surface area contributed by atoms with Gasteiger partial charge in [-0.2, -0.15) is 0 Å². The van der Waals surface area contributed by atoms with E-state index in [0.29, 0.717) is 19.6 Å². The van der Waals surface area contributed by atoms with E-state index < -0.39 is 11.5 Å². The zero-order valence-corrected chi connectivity index (χ0v) is 11.1. The summed E-state index contributed by atoms with van der Waals surface area (Å²) in [6, 6.07) is 7.83. The van der Waals surface area contributed by atoms with Gasteiger partial charge in [-0.3, -0.25) is 4.79 Å². The Kier molecular flexibility index (Phi) is 3.95. The van der Waals surface area contributed by atoms with Gasteiger partial charge in [0.2, 0.25) is 0 Å². The number of carboxylic acid groups (broad SMARTS) is 1. The lowest BCUT2D eigenvalue weighted by atomic mass is 9.99. The highest BCUT2D eigenvalue weighted by molar-refractivity contribution is 5.77. The van der Waals surface area contributed by atoms with Gasteiger partial charge in [0.25, 0.3) is 0 Å². The van der Waals surface area contributed by atoms with E-state index in [4.69, 9.17) is 15.6 Å². The van der Waals surface area contributed by atoms with Gasteiger partial charge in [0.05, 0.1) is 12.3 Å². The van der Waals surface area contributed by atoms with Gasteiger partial charge in [0, 0.05) is 13.1 Å². The second-order valence-electron chi connectivity index (χ2n) is 5.13. The van der Waals surface area contributed by atoms with Gasteiger partial charge in [-0.05, 0) is 31.9 Å². The molecule has 0 bridgehead atoms. The Balaban J connectivity index is 2.10. The number of para-hydroxylation sites is 2. The van der Waals surface area contributed by atoms with E-state index in [9.17, 15) is 4.79 Å². The van der Waals surface area contributed by atoms with Crippen LogP contribution in [0.3, 0.4) is 0 Å². The van der Waals surface area contributed by atoms with Gasteiger partial charge < -0.3 is 20.5 Å². The minimum atomic E-state index is -1.19. The first-order chi connectivity index (χ1) is 9.00. The second-order valence-corrected chi connectivity index (χ2v) is 5.13. The molecule has 1 heterocycles. The van der Waals surface area contributed by atoms with Crippen LogP contribution in [0.4, 0.5) is 5.69 Å². The summed E-state index contributed by atoms with van der Waals surface area (Å²) < 4.78 is 5.67. The molecule has 1 aromatic carbocycles. The van der Waals surface area contributed by atoms with Crippen molar-refractivity contribution < 1.29 is 14.6 Å². The Labute approximate surface area is 113 Å². The number of nitrogens with zero attached hydrogens (tertiary/aromatic N) is 1. The quantitative estimate of drug-likeness (QED) is 0.861. The molecule has 1 aliphatic heterocycles. The molecular weight excluding hydrogens is 244 g/mol. The number of rotatable bonds is 4. The summed E-state index contributed by atoms with van der Waals surface area (Å²) in [5, 5.41) is 9.05. The van der Waals surface area contributed by atoms with Crippen molar-refractivity contribution >= 4 is 11.7 Å². The van der Waals surface area contributed by atoms with E-state index in [1.807, 2.05) is 24.3 Å². The first-order valence-electron chi connectivity index (χ1n) is 6.50. The number of fused-ring (bicyclic) bond motifs is 1. The summed E-state index contributed by atoms with van der Waals surface area (Å²) in [6.45, 7) is 3.70. The fraction of sp³-hybridized carbons (Fsp3) is 0.500. The Morgan fingerprint density at radius 3 is 3.00 bits per heavy atom. The van der Waals surface area contributed by atoms with Gasteiger partial charge in [0.1, 0.15) is 11.3 Å². The predicted molar refractivity (Wildman–Crippen MR) is 73.6 cm³/mol. The van der Waals surface area contributed by atoms with Crippen LogP contribution in [0.25, 0.3) is 0 Å². The van der Waals surface area contributed by atoms with E-state index in [-0.39, 0.29) is 0 Å². The molecular formula is C14H20N2O3. The van der Waals surface area contributed by atoms with Crippen molar-refractivity contribution in [2.75, 3.05) is 24.6 Å². The van der Waals surface area contributed by atoms with Crippen molar-refractivity contribution in [3.8, 4) is 5.75 Å². The molecule has 19 heavy (non-hydrogen) atoms. The molecule has 0 radical (unpaired) electrons. The average molecular weight is 264 g/mol. The lowest BCUT2D eigenvalue weighted by Crippen LogP contribution is -2.47. The molecule has 1 unspecified atom stereocenters. The molecule has 3 N–H and O–H groups in total. The third-order valence-electron chi connectivity index (χ3n) is 3.43. The maximum atomic E-state index is 11.0. The van der Waals surface area contributed by atoms with Crippen molar-refractivity contribution in [2.24, 2.45) is 5.73 Å². The predicted octanol–water partition coefficient (Wildman–Crippen LogP) is 1.47. The average Bonchev–Trinajstić information content (AvgIpc) is 2.58. The van der Waals surface area contributed by atoms with Crippen LogP contribution in [-0.4, -0.2) is 36.3 Å². The number of hydrogen-bond acceptors (Lipinski definition) is 4. The van der Waals surface area contributed by atoms with E-state index in [1.165, 1.54) is 0 Å². The SMILES string of the molecule is CC(N)(CCN1CCCOc2ccccc21)C(=O)O. The number of carboxylic acids is 1. The Morgan fingerprint density at radius 2 is 2.26 bits per heavy atom. The van der Waals surface area contributed by atoms with Crippen LogP contribution in [-0.2, 0) is 4.79 Å². The Morgan fingerprint density at radius 1 is 1.53 bits per heavy atom. The van der Waals surface area contributed by atoms with Crippen molar-refractivity contribution in [3.05, 3.63) is 24.3 Å². The zero-order chi connectivity index (χ0) is 13.9. The molecule has 0 amide bonds. The summed E-state index contributed by atoms with van der Waals surface area (Å²) in [4.78, 5) is 13.2. The van der Waals surface area contributed by atoms with Crippen molar-refractivity contribution in [2.45, 2.75) is 25.3 Å². The van der Waals surface area contributed by atoms with Gasteiger partial charge in [-0.25, -0.2) is 0 Å². The van der Waals surface area contributed by atoms with Gasteiger partial charge in [0.15, 0.2) is 0 Å².